The highest BCUT2D eigenvalue weighted by atomic mass is 35.5. The molecule has 1 unspecified atom stereocenters. The maximum Gasteiger partial charge on any atom is 0.416 e. The summed E-state index contributed by atoms with van der Waals surface area (Å²) in [6.45, 7) is 5.47. The summed E-state index contributed by atoms with van der Waals surface area (Å²) in [7, 11) is 0. The van der Waals surface area contributed by atoms with E-state index < -0.39 is 29.3 Å². The Bertz CT molecular complexity index is 1210. The van der Waals surface area contributed by atoms with Crippen molar-refractivity contribution >= 4 is 23.9 Å². The number of carbonyl (C=O) groups excluding carboxylic acids is 2. The van der Waals surface area contributed by atoms with Gasteiger partial charge in [-0.3, -0.25) is 9.59 Å². The molecule has 2 aromatic rings. The molecule has 1 atom stereocenters. The molecular weight excluding hydrogens is 493 g/mol. The second-order valence-corrected chi connectivity index (χ2v) is 9.63. The molecule has 2 amide bonds. The first-order chi connectivity index (χ1) is 16.9. The second kappa shape index (κ2) is 11.0. The van der Waals surface area contributed by atoms with Crippen LogP contribution in [0.15, 0.2) is 83.8 Å². The minimum atomic E-state index is -4.48. The van der Waals surface area contributed by atoms with Crippen molar-refractivity contribution in [3.8, 4) is 0 Å². The lowest BCUT2D eigenvalue weighted by atomic mass is 9.99. The number of allylic oxidation sites excluding steroid dienone is 2. The molecule has 0 bridgehead atoms. The summed E-state index contributed by atoms with van der Waals surface area (Å²) in [6.07, 6.45) is 0.333. The van der Waals surface area contributed by atoms with Gasteiger partial charge in [0.15, 0.2) is 0 Å². The van der Waals surface area contributed by atoms with E-state index in [1.165, 1.54) is 18.2 Å². The van der Waals surface area contributed by atoms with Crippen LogP contribution in [0.1, 0.15) is 50.0 Å². The predicted molar refractivity (Wildman–Crippen MR) is 132 cm³/mol. The summed E-state index contributed by atoms with van der Waals surface area (Å²) in [5.74, 6) is -0.254. The van der Waals surface area contributed by atoms with E-state index in [9.17, 15) is 22.8 Å². The van der Waals surface area contributed by atoms with Crippen LogP contribution in [-0.2, 0) is 20.5 Å². The van der Waals surface area contributed by atoms with Crippen LogP contribution in [0.25, 0.3) is 0 Å². The number of hydrogen-bond acceptors (Lipinski definition) is 3. The highest BCUT2D eigenvalue weighted by Crippen LogP contribution is 2.35. The Hall–Kier alpha value is -3.52. The molecule has 0 heterocycles. The summed E-state index contributed by atoms with van der Waals surface area (Å²) in [5.41, 5.74) is 0.299. The number of amides is 2. The van der Waals surface area contributed by atoms with Crippen LogP contribution in [0.4, 0.5) is 13.2 Å². The standard InChI is InChI=1S/C27H26ClF3N2O3/c1-26(2,3)33-25(35)22-15-21(32-16-34)8-5-9-23(22)36-24(18-6-4-7-20(28)14-18)17-10-12-19(13-11-17)27(29,30)31/h4-7,9-16,24H,8H2,1-3H3,(H,32,34)(H,33,35). The third-order valence-corrected chi connectivity index (χ3v) is 5.34. The molecule has 2 N–H and O–H groups in total. The Labute approximate surface area is 212 Å². The molecule has 3 rings (SSSR count). The number of hydrogen-bond donors (Lipinski definition) is 2. The fourth-order valence-electron chi connectivity index (χ4n) is 3.52. The summed E-state index contributed by atoms with van der Waals surface area (Å²) >= 11 is 6.19. The van der Waals surface area contributed by atoms with Crippen LogP contribution in [0.3, 0.4) is 0 Å². The topological polar surface area (TPSA) is 67.4 Å². The molecule has 190 valence electrons. The molecular formula is C27H26ClF3N2O3. The fourth-order valence-corrected chi connectivity index (χ4v) is 3.72. The van der Waals surface area contributed by atoms with Crippen molar-refractivity contribution in [2.75, 3.05) is 0 Å². The molecule has 0 spiro atoms. The van der Waals surface area contributed by atoms with E-state index in [0.29, 0.717) is 34.7 Å². The van der Waals surface area contributed by atoms with Gasteiger partial charge in [-0.05, 0) is 68.3 Å². The van der Waals surface area contributed by atoms with Crippen molar-refractivity contribution in [1.82, 2.24) is 10.6 Å². The van der Waals surface area contributed by atoms with Crippen LogP contribution in [0.2, 0.25) is 5.02 Å². The van der Waals surface area contributed by atoms with Crippen molar-refractivity contribution in [2.45, 2.75) is 45.0 Å². The zero-order chi connectivity index (χ0) is 26.5. The number of nitrogens with one attached hydrogen (secondary N) is 2. The van der Waals surface area contributed by atoms with Crippen molar-refractivity contribution in [3.05, 3.63) is 106 Å². The first-order valence-corrected chi connectivity index (χ1v) is 11.5. The summed E-state index contributed by atoms with van der Waals surface area (Å²) in [4.78, 5) is 24.2. The van der Waals surface area contributed by atoms with Gasteiger partial charge in [-0.25, -0.2) is 0 Å². The van der Waals surface area contributed by atoms with Gasteiger partial charge in [-0.15, -0.1) is 0 Å². The molecule has 1 aliphatic carbocycles. The fraction of sp³-hybridized carbons (Fsp3) is 0.259. The van der Waals surface area contributed by atoms with E-state index in [4.69, 9.17) is 16.3 Å². The lowest BCUT2D eigenvalue weighted by molar-refractivity contribution is -0.137. The first-order valence-electron chi connectivity index (χ1n) is 11.1. The van der Waals surface area contributed by atoms with E-state index in [0.717, 1.165) is 12.1 Å². The highest BCUT2D eigenvalue weighted by Gasteiger charge is 2.31. The van der Waals surface area contributed by atoms with E-state index in [-0.39, 0.29) is 11.3 Å². The van der Waals surface area contributed by atoms with E-state index in [2.05, 4.69) is 10.6 Å². The van der Waals surface area contributed by atoms with Crippen molar-refractivity contribution in [3.63, 3.8) is 0 Å². The van der Waals surface area contributed by atoms with Gasteiger partial charge in [0.1, 0.15) is 11.9 Å². The van der Waals surface area contributed by atoms with Gasteiger partial charge in [0.2, 0.25) is 6.41 Å². The second-order valence-electron chi connectivity index (χ2n) is 9.19. The average Bonchev–Trinajstić information content (AvgIpc) is 2.98. The van der Waals surface area contributed by atoms with Gasteiger partial charge in [-0.1, -0.05) is 41.9 Å². The number of benzene rings is 2. The molecule has 0 saturated carbocycles. The number of rotatable bonds is 7. The quantitative estimate of drug-likeness (QED) is 0.427. The maximum absolute atomic E-state index is 13.2. The number of carbonyl (C=O) groups is 2. The zero-order valence-electron chi connectivity index (χ0n) is 19.9. The largest absolute Gasteiger partial charge is 0.480 e. The van der Waals surface area contributed by atoms with Crippen molar-refractivity contribution < 1.29 is 27.5 Å². The highest BCUT2D eigenvalue weighted by molar-refractivity contribution is 6.30. The van der Waals surface area contributed by atoms with Crippen LogP contribution < -0.4 is 10.6 Å². The molecule has 0 saturated heterocycles. The molecule has 0 fully saturated rings. The predicted octanol–water partition coefficient (Wildman–Crippen LogP) is 6.22. The summed E-state index contributed by atoms with van der Waals surface area (Å²) < 4.78 is 45.8. The molecule has 1 aliphatic rings. The number of alkyl halides is 3. The van der Waals surface area contributed by atoms with Gasteiger partial charge in [0.05, 0.1) is 11.1 Å². The molecule has 5 nitrogen and oxygen atoms in total. The van der Waals surface area contributed by atoms with Crippen LogP contribution >= 0.6 is 11.6 Å². The van der Waals surface area contributed by atoms with Crippen LogP contribution in [0, 0.1) is 0 Å². The third kappa shape index (κ3) is 7.24. The first kappa shape index (κ1) is 27.1. The van der Waals surface area contributed by atoms with Gasteiger partial charge in [-0.2, -0.15) is 13.2 Å². The molecule has 0 aliphatic heterocycles. The Balaban J connectivity index is 2.12. The number of ether oxygens (including phenoxy) is 1. The number of halogens is 4. The molecule has 9 heteroatoms. The Morgan fingerprint density at radius 1 is 1.08 bits per heavy atom. The van der Waals surface area contributed by atoms with Gasteiger partial charge < -0.3 is 15.4 Å². The minimum absolute atomic E-state index is 0.155. The summed E-state index contributed by atoms with van der Waals surface area (Å²) in [6, 6.07) is 11.4. The Morgan fingerprint density at radius 2 is 1.78 bits per heavy atom. The molecule has 2 aromatic carbocycles. The minimum Gasteiger partial charge on any atom is -0.480 e. The van der Waals surface area contributed by atoms with Gasteiger partial charge >= 0.3 is 6.18 Å². The van der Waals surface area contributed by atoms with Crippen LogP contribution in [-0.4, -0.2) is 17.9 Å². The summed E-state index contributed by atoms with van der Waals surface area (Å²) in [5, 5.41) is 5.87. The Kier molecular flexibility index (Phi) is 8.30. The van der Waals surface area contributed by atoms with E-state index >= 15 is 0 Å². The van der Waals surface area contributed by atoms with E-state index in [1.807, 2.05) is 20.8 Å². The Morgan fingerprint density at radius 3 is 2.36 bits per heavy atom. The molecule has 36 heavy (non-hydrogen) atoms. The SMILES string of the molecule is CC(C)(C)NC(=O)C1=C(OC(c2ccc(C(F)(F)F)cc2)c2cccc(Cl)c2)C=CCC(NC=O)=C1. The van der Waals surface area contributed by atoms with Crippen molar-refractivity contribution in [1.29, 1.82) is 0 Å². The van der Waals surface area contributed by atoms with Gasteiger partial charge in [0.25, 0.3) is 5.91 Å². The van der Waals surface area contributed by atoms with Gasteiger partial charge in [0, 0.05) is 22.7 Å². The monoisotopic (exact) mass is 518 g/mol. The van der Waals surface area contributed by atoms with Crippen molar-refractivity contribution in [2.24, 2.45) is 0 Å². The molecule has 0 radical (unpaired) electrons. The zero-order valence-corrected chi connectivity index (χ0v) is 20.7. The lowest BCUT2D eigenvalue weighted by Gasteiger charge is -2.25. The van der Waals surface area contributed by atoms with Crippen LogP contribution in [0.5, 0.6) is 0 Å². The van der Waals surface area contributed by atoms with E-state index in [1.54, 1.807) is 36.4 Å². The smallest absolute Gasteiger partial charge is 0.416 e. The lowest BCUT2D eigenvalue weighted by Crippen LogP contribution is -2.41. The maximum atomic E-state index is 13.2. The normalized spacial score (nSPS) is 15.0. The average molecular weight is 519 g/mol. The molecule has 0 aromatic heterocycles. The third-order valence-electron chi connectivity index (χ3n) is 5.11.